The number of hydrogen-bond acceptors (Lipinski definition) is 7. The van der Waals surface area contributed by atoms with Gasteiger partial charge in [0.1, 0.15) is 29.7 Å². The number of carbonyl (C=O) groups excluding carboxylic acids is 2. The van der Waals surface area contributed by atoms with Gasteiger partial charge in [0.25, 0.3) is 0 Å². The molecule has 0 fully saturated rings. The maximum Gasteiger partial charge on any atom is 0.339 e. The Labute approximate surface area is 301 Å². The Bertz CT molecular complexity index is 2060. The van der Waals surface area contributed by atoms with E-state index in [-0.39, 0.29) is 19.8 Å². The number of hydrogen-bond donors (Lipinski definition) is 0. The zero-order chi connectivity index (χ0) is 36.7. The van der Waals surface area contributed by atoms with Crippen LogP contribution in [-0.2, 0) is 24.6 Å². The van der Waals surface area contributed by atoms with Gasteiger partial charge in [0, 0.05) is 39.8 Å². The van der Waals surface area contributed by atoms with Crippen LogP contribution in [0.1, 0.15) is 46.8 Å². The van der Waals surface area contributed by atoms with Crippen molar-refractivity contribution in [2.45, 2.75) is 25.4 Å². The van der Waals surface area contributed by atoms with Gasteiger partial charge in [-0.15, -0.1) is 0 Å². The second kappa shape index (κ2) is 16.0. The molecule has 0 amide bonds. The van der Waals surface area contributed by atoms with Gasteiger partial charge in [-0.2, -0.15) is 0 Å². The molecule has 9 heteroatoms. The second-order valence-electron chi connectivity index (χ2n) is 12.3. The van der Waals surface area contributed by atoms with E-state index < -0.39 is 29.2 Å². The average molecular weight is 705 g/mol. The van der Waals surface area contributed by atoms with Crippen molar-refractivity contribution in [1.29, 1.82) is 0 Å². The molecule has 0 aromatic heterocycles. The highest BCUT2D eigenvalue weighted by Crippen LogP contribution is 2.50. The molecule has 0 spiro atoms. The lowest BCUT2D eigenvalue weighted by atomic mass is 9.81. The zero-order valence-corrected chi connectivity index (χ0v) is 29.0. The van der Waals surface area contributed by atoms with Crippen LogP contribution in [0.4, 0.5) is 8.78 Å². The van der Waals surface area contributed by atoms with Crippen molar-refractivity contribution >= 4 is 28.8 Å². The predicted molar refractivity (Wildman–Crippen MR) is 195 cm³/mol. The van der Waals surface area contributed by atoms with Gasteiger partial charge in [-0.25, -0.2) is 18.4 Å². The Balaban J connectivity index is 1.38. The van der Waals surface area contributed by atoms with Crippen molar-refractivity contribution in [2.75, 3.05) is 33.5 Å². The van der Waals surface area contributed by atoms with Crippen LogP contribution >= 0.6 is 0 Å². The minimum atomic E-state index is -1.31. The molecule has 5 aromatic rings. The fraction of sp³-hybridized carbons (Fsp3) is 0.209. The highest BCUT2D eigenvalue weighted by Gasteiger charge is 2.40. The van der Waals surface area contributed by atoms with E-state index in [1.54, 1.807) is 44.4 Å². The summed E-state index contributed by atoms with van der Waals surface area (Å²) in [5, 5.41) is 1.38. The van der Waals surface area contributed by atoms with Crippen molar-refractivity contribution in [3.8, 4) is 22.6 Å². The van der Waals surface area contributed by atoms with E-state index in [0.29, 0.717) is 75.1 Å². The van der Waals surface area contributed by atoms with Gasteiger partial charge in [0.05, 0.1) is 25.9 Å². The summed E-state index contributed by atoms with van der Waals surface area (Å²) in [6, 6.07) is 27.0. The van der Waals surface area contributed by atoms with Crippen molar-refractivity contribution in [1.82, 2.24) is 0 Å². The van der Waals surface area contributed by atoms with Crippen LogP contribution in [-0.4, -0.2) is 45.5 Å². The van der Waals surface area contributed by atoms with Crippen LogP contribution in [0.3, 0.4) is 0 Å². The zero-order valence-electron chi connectivity index (χ0n) is 29.0. The number of carbonyl (C=O) groups is 2. The number of unbranched alkanes of at least 4 members (excludes halogenated alkanes) is 1. The van der Waals surface area contributed by atoms with E-state index in [4.69, 9.17) is 23.7 Å². The third-order valence-electron chi connectivity index (χ3n) is 8.79. The summed E-state index contributed by atoms with van der Waals surface area (Å²) in [6.07, 6.45) is 4.88. The molecule has 6 rings (SSSR count). The summed E-state index contributed by atoms with van der Waals surface area (Å²) >= 11 is 0. The van der Waals surface area contributed by atoms with Crippen molar-refractivity contribution in [2.24, 2.45) is 0 Å². The van der Waals surface area contributed by atoms with Gasteiger partial charge in [0.15, 0.2) is 5.60 Å². The number of rotatable bonds is 14. The molecule has 0 saturated carbocycles. The normalized spacial score (nSPS) is 12.8. The first-order valence-corrected chi connectivity index (χ1v) is 16.9. The van der Waals surface area contributed by atoms with Crippen LogP contribution in [0.5, 0.6) is 11.5 Å². The lowest BCUT2D eigenvalue weighted by Crippen LogP contribution is -2.35. The molecule has 7 nitrogen and oxygen atoms in total. The highest BCUT2D eigenvalue weighted by atomic mass is 19.1. The van der Waals surface area contributed by atoms with E-state index in [9.17, 15) is 18.4 Å². The SMILES string of the molecule is C=C(C)C(=O)OCCCCOCCOC(=O)c1c2c(c3cc(OC)ccc3c1-c1ccccc1)OC(c1ccc(F)cc1)(c1ccc(F)cc1)C=C2. The number of benzene rings is 5. The average Bonchev–Trinajstić information content (AvgIpc) is 3.16. The number of fused-ring (bicyclic) bond motifs is 3. The molecule has 1 aliphatic rings. The monoisotopic (exact) mass is 704 g/mol. The number of halogens is 2. The Morgan fingerprint density at radius 1 is 0.769 bits per heavy atom. The Morgan fingerprint density at radius 2 is 1.42 bits per heavy atom. The molecular weight excluding hydrogens is 666 g/mol. The van der Waals surface area contributed by atoms with Gasteiger partial charge in [-0.1, -0.05) is 61.2 Å². The number of methoxy groups -OCH3 is 1. The molecule has 0 aliphatic carbocycles. The van der Waals surface area contributed by atoms with Crippen LogP contribution in [0.15, 0.2) is 115 Å². The summed E-state index contributed by atoms with van der Waals surface area (Å²) in [6.45, 7) is 5.98. The second-order valence-corrected chi connectivity index (χ2v) is 12.3. The number of esters is 2. The minimum absolute atomic E-state index is 0.00714. The fourth-order valence-corrected chi connectivity index (χ4v) is 6.20. The van der Waals surface area contributed by atoms with Crippen molar-refractivity contribution in [3.05, 3.63) is 149 Å². The maximum atomic E-state index is 14.2. The van der Waals surface area contributed by atoms with Gasteiger partial charge >= 0.3 is 11.9 Å². The molecule has 52 heavy (non-hydrogen) atoms. The summed E-state index contributed by atoms with van der Waals surface area (Å²) in [5.41, 5.74) is 2.45. The minimum Gasteiger partial charge on any atom is -0.497 e. The molecule has 5 aromatic carbocycles. The lowest BCUT2D eigenvalue weighted by molar-refractivity contribution is -0.139. The predicted octanol–water partition coefficient (Wildman–Crippen LogP) is 9.22. The molecule has 0 bridgehead atoms. The third-order valence-corrected chi connectivity index (χ3v) is 8.79. The van der Waals surface area contributed by atoms with Gasteiger partial charge in [-0.3, -0.25) is 0 Å². The fourth-order valence-electron chi connectivity index (χ4n) is 6.20. The summed E-state index contributed by atoms with van der Waals surface area (Å²) in [4.78, 5) is 25.8. The van der Waals surface area contributed by atoms with E-state index in [1.807, 2.05) is 54.6 Å². The highest BCUT2D eigenvalue weighted by molar-refractivity contribution is 6.14. The summed E-state index contributed by atoms with van der Waals surface area (Å²) < 4.78 is 57.7. The molecule has 1 aliphatic heterocycles. The molecule has 1 heterocycles. The van der Waals surface area contributed by atoms with Gasteiger partial charge < -0.3 is 23.7 Å². The van der Waals surface area contributed by atoms with Crippen molar-refractivity contribution in [3.63, 3.8) is 0 Å². The van der Waals surface area contributed by atoms with Crippen molar-refractivity contribution < 1.29 is 42.1 Å². The first-order valence-electron chi connectivity index (χ1n) is 16.9. The molecule has 0 radical (unpaired) electrons. The van der Waals surface area contributed by atoms with Crippen LogP contribution in [0.25, 0.3) is 28.0 Å². The Hall–Kier alpha value is -5.80. The largest absolute Gasteiger partial charge is 0.497 e. The maximum absolute atomic E-state index is 14.2. The van der Waals surface area contributed by atoms with Gasteiger partial charge in [0.2, 0.25) is 0 Å². The first kappa shape index (κ1) is 36.0. The molecule has 266 valence electrons. The van der Waals surface area contributed by atoms with Crippen LogP contribution in [0, 0.1) is 11.6 Å². The Kier molecular flexibility index (Phi) is 11.1. The smallest absolute Gasteiger partial charge is 0.339 e. The first-order chi connectivity index (χ1) is 25.2. The number of ether oxygens (including phenoxy) is 5. The lowest BCUT2D eigenvalue weighted by Gasteiger charge is -2.37. The standard InChI is InChI=1S/C43H38F2O7/c1-28(2)41(46)50-24-8-7-23-49-25-26-51-42(47)39-36-21-22-43(30-11-15-32(44)16-12-30,31-13-17-33(45)18-14-31)52-40(36)37-27-34(48-3)19-20-35(37)38(39)29-9-5-4-6-10-29/h4-6,9-22,27H,1,7-8,23-26H2,2-3H3. The summed E-state index contributed by atoms with van der Waals surface area (Å²) in [5.74, 6) is -0.886. The Morgan fingerprint density at radius 3 is 2.06 bits per heavy atom. The van der Waals surface area contributed by atoms with Gasteiger partial charge in [-0.05, 0) is 85.3 Å². The van der Waals surface area contributed by atoms with E-state index >= 15 is 0 Å². The molecule has 0 saturated heterocycles. The van der Waals surface area contributed by atoms with E-state index in [1.165, 1.54) is 24.3 Å². The third kappa shape index (κ3) is 7.60. The van der Waals surface area contributed by atoms with E-state index in [2.05, 4.69) is 6.58 Å². The summed E-state index contributed by atoms with van der Waals surface area (Å²) in [7, 11) is 1.57. The topological polar surface area (TPSA) is 80.3 Å². The molecule has 0 unspecified atom stereocenters. The molecule has 0 atom stereocenters. The molecular formula is C43H38F2O7. The van der Waals surface area contributed by atoms with Crippen LogP contribution < -0.4 is 9.47 Å². The molecule has 0 N–H and O–H groups in total. The van der Waals surface area contributed by atoms with E-state index in [0.717, 1.165) is 5.56 Å². The quantitative estimate of drug-likeness (QED) is 0.0648. The van der Waals surface area contributed by atoms with Crippen LogP contribution in [0.2, 0.25) is 0 Å².